The number of hydrogen-bond acceptors (Lipinski definition) is 15. The second-order valence-electron chi connectivity index (χ2n) is 19.8. The van der Waals surface area contributed by atoms with Crippen molar-refractivity contribution in [2.24, 2.45) is 0 Å². The first-order valence-electron chi connectivity index (χ1n) is 27.6. The highest BCUT2D eigenvalue weighted by molar-refractivity contribution is 5.70. The zero-order chi connectivity index (χ0) is 49.6. The Hall–Kier alpha value is -1.50. The summed E-state index contributed by atoms with van der Waals surface area (Å²) in [5.41, 5.74) is 0. The van der Waals surface area contributed by atoms with Crippen LogP contribution in [0.5, 0.6) is 0 Å². The van der Waals surface area contributed by atoms with Crippen molar-refractivity contribution in [3.05, 3.63) is 0 Å². The zero-order valence-corrected chi connectivity index (χ0v) is 42.6. The highest BCUT2D eigenvalue weighted by Gasteiger charge is 2.47. The summed E-state index contributed by atoms with van der Waals surface area (Å²) in [6.45, 7) is 2.61. The molecule has 0 bridgehead atoms. The van der Waals surface area contributed by atoms with E-state index in [4.69, 9.17) is 28.4 Å². The van der Waals surface area contributed by atoms with E-state index in [1.807, 2.05) is 0 Å². The van der Waals surface area contributed by atoms with Gasteiger partial charge in [0.1, 0.15) is 55.4 Å². The second-order valence-corrected chi connectivity index (χ2v) is 19.8. The molecule has 0 aromatic heterocycles. The van der Waals surface area contributed by atoms with Crippen molar-refractivity contribution in [1.29, 1.82) is 0 Å². The molecule has 0 aromatic rings. The molecule has 2 heterocycles. The van der Waals surface area contributed by atoms with Crippen LogP contribution < -0.4 is 0 Å². The van der Waals surface area contributed by atoms with Crippen LogP contribution in [0, 0.1) is 0 Å². The maximum Gasteiger partial charge on any atom is 0.306 e. The van der Waals surface area contributed by atoms with Crippen LogP contribution in [0.25, 0.3) is 0 Å². The molecule has 68 heavy (non-hydrogen) atoms. The Bertz CT molecular complexity index is 1190. The molecule has 0 aliphatic carbocycles. The Morgan fingerprint density at radius 1 is 0.412 bits per heavy atom. The van der Waals surface area contributed by atoms with Gasteiger partial charge in [-0.15, -0.1) is 0 Å². The van der Waals surface area contributed by atoms with Crippen LogP contribution in [-0.4, -0.2) is 142 Å². The second kappa shape index (κ2) is 41.0. The number of carbonyl (C=O) groups excluding carboxylic acids is 2. The maximum atomic E-state index is 13.0. The van der Waals surface area contributed by atoms with E-state index in [1.165, 1.54) is 154 Å². The smallest absolute Gasteiger partial charge is 0.306 e. The topological polar surface area (TPSA) is 231 Å². The van der Waals surface area contributed by atoms with E-state index < -0.39 is 92.7 Å². The minimum atomic E-state index is -1.76. The third kappa shape index (κ3) is 28.5. The number of esters is 2. The van der Waals surface area contributed by atoms with Gasteiger partial charge in [-0.3, -0.25) is 9.59 Å². The van der Waals surface area contributed by atoms with Gasteiger partial charge in [-0.25, -0.2) is 0 Å². The number of unbranched alkanes of at least 4 members (excludes halogenated alkanes) is 30. The molecular weight excluding hydrogens is 877 g/mol. The van der Waals surface area contributed by atoms with Crippen LogP contribution in [0.2, 0.25) is 0 Å². The summed E-state index contributed by atoms with van der Waals surface area (Å²) >= 11 is 0. The molecule has 15 heteroatoms. The van der Waals surface area contributed by atoms with E-state index in [2.05, 4.69) is 13.8 Å². The Morgan fingerprint density at radius 3 is 1.15 bits per heavy atom. The van der Waals surface area contributed by atoms with Crippen LogP contribution in [0.15, 0.2) is 0 Å². The number of aliphatic hydroxyl groups excluding tert-OH is 7. The molecule has 2 fully saturated rings. The van der Waals surface area contributed by atoms with E-state index in [-0.39, 0.29) is 26.1 Å². The largest absolute Gasteiger partial charge is 0.462 e. The first-order chi connectivity index (χ1) is 33.0. The molecule has 0 aromatic carbocycles. The molecule has 2 rings (SSSR count). The molecule has 11 atom stereocenters. The predicted molar refractivity (Wildman–Crippen MR) is 262 cm³/mol. The lowest BCUT2D eigenvalue weighted by Gasteiger charge is -2.42. The van der Waals surface area contributed by atoms with Crippen LogP contribution in [0.4, 0.5) is 0 Å². The number of aliphatic hydroxyl groups is 7. The van der Waals surface area contributed by atoms with Gasteiger partial charge in [-0.1, -0.05) is 206 Å². The summed E-state index contributed by atoms with van der Waals surface area (Å²) in [7, 11) is 0. The van der Waals surface area contributed by atoms with Gasteiger partial charge in [-0.2, -0.15) is 0 Å². The van der Waals surface area contributed by atoms with Gasteiger partial charge >= 0.3 is 11.9 Å². The Kier molecular flexibility index (Phi) is 37.8. The van der Waals surface area contributed by atoms with Crippen molar-refractivity contribution in [2.45, 2.75) is 300 Å². The molecule has 15 nitrogen and oxygen atoms in total. The average molecular weight is 977 g/mol. The summed E-state index contributed by atoms with van der Waals surface area (Å²) in [4.78, 5) is 25.7. The van der Waals surface area contributed by atoms with Gasteiger partial charge in [0.15, 0.2) is 18.7 Å². The minimum Gasteiger partial charge on any atom is -0.462 e. The first-order valence-corrected chi connectivity index (χ1v) is 27.6. The van der Waals surface area contributed by atoms with Crippen LogP contribution in [-0.2, 0) is 38.0 Å². The minimum absolute atomic E-state index is 0.172. The quantitative estimate of drug-likeness (QED) is 0.0225. The van der Waals surface area contributed by atoms with Crippen molar-refractivity contribution in [3.63, 3.8) is 0 Å². The van der Waals surface area contributed by atoms with Crippen LogP contribution in [0.3, 0.4) is 0 Å². The van der Waals surface area contributed by atoms with Crippen molar-refractivity contribution in [1.82, 2.24) is 0 Å². The van der Waals surface area contributed by atoms with Gasteiger partial charge < -0.3 is 64.2 Å². The summed E-state index contributed by atoms with van der Waals surface area (Å²) in [5.74, 6) is -0.910. The molecule has 0 amide bonds. The Labute approximate surface area is 410 Å². The normalized spacial score (nSPS) is 25.7. The molecule has 0 spiro atoms. The first kappa shape index (κ1) is 62.6. The standard InChI is InChI=1S/C53H100O15/c1-3-5-7-9-11-13-15-16-17-18-19-20-21-22-23-24-25-26-28-29-31-33-35-44(55)63-38-41(66-45(56)36-34-32-30-27-14-12-10-8-6-4-2)39-64-52-51(62)49(60)47(58)43(68-52)40-65-53-50(61)48(59)46(57)42(37-54)67-53/h41-43,46-54,57-62H,3-40H2,1-2H3/t41-,42+,43+,46-,47-,48?,49?,50?,51?,52+,53+/m1/s1. The maximum absolute atomic E-state index is 13.0. The van der Waals surface area contributed by atoms with E-state index >= 15 is 0 Å². The molecular formula is C53H100O15. The fourth-order valence-corrected chi connectivity index (χ4v) is 9.04. The van der Waals surface area contributed by atoms with E-state index in [9.17, 15) is 45.3 Å². The lowest BCUT2D eigenvalue weighted by Crippen LogP contribution is -2.61. The zero-order valence-electron chi connectivity index (χ0n) is 42.6. The van der Waals surface area contributed by atoms with Crippen LogP contribution in [0.1, 0.15) is 232 Å². The van der Waals surface area contributed by atoms with E-state index in [0.717, 1.165) is 38.5 Å². The van der Waals surface area contributed by atoms with Crippen LogP contribution >= 0.6 is 0 Å². The molecule has 0 saturated carbocycles. The molecule has 2 saturated heterocycles. The molecule has 402 valence electrons. The summed E-state index contributed by atoms with van der Waals surface area (Å²) in [6, 6.07) is 0. The van der Waals surface area contributed by atoms with Gasteiger partial charge in [0.2, 0.25) is 0 Å². The highest BCUT2D eigenvalue weighted by atomic mass is 16.7. The van der Waals surface area contributed by atoms with Gasteiger partial charge in [-0.05, 0) is 12.8 Å². The van der Waals surface area contributed by atoms with Crippen molar-refractivity contribution >= 4 is 11.9 Å². The summed E-state index contributed by atoms with van der Waals surface area (Å²) in [5, 5.41) is 72.1. The SMILES string of the molecule is CCCCCCCCCCCCCCCCCCCCCCCCC(=O)OC[C@H](CO[C@H]1O[C@@H](CO[C@H]2O[C@@H](CO)[C@@H](O)C(O)C2O)[C@@H](O)C(O)C1O)OC(=O)CCCCCCCCCCCC. The molecule has 4 unspecified atom stereocenters. The summed E-state index contributed by atoms with van der Waals surface area (Å²) in [6.07, 6.45) is 22.9. The predicted octanol–water partition coefficient (Wildman–Crippen LogP) is 8.39. The van der Waals surface area contributed by atoms with E-state index in [0.29, 0.717) is 12.8 Å². The summed E-state index contributed by atoms with van der Waals surface area (Å²) < 4.78 is 33.6. The van der Waals surface area contributed by atoms with Gasteiger partial charge in [0.05, 0.1) is 19.8 Å². The third-order valence-corrected chi connectivity index (χ3v) is 13.6. The Balaban J connectivity index is 1.71. The van der Waals surface area contributed by atoms with Gasteiger partial charge in [0, 0.05) is 12.8 Å². The van der Waals surface area contributed by atoms with E-state index in [1.54, 1.807) is 0 Å². The fraction of sp³-hybridized carbons (Fsp3) is 0.962. The lowest BCUT2D eigenvalue weighted by molar-refractivity contribution is -0.332. The fourth-order valence-electron chi connectivity index (χ4n) is 9.04. The molecule has 7 N–H and O–H groups in total. The molecule has 0 radical (unpaired) electrons. The van der Waals surface area contributed by atoms with Crippen molar-refractivity contribution in [2.75, 3.05) is 26.4 Å². The third-order valence-electron chi connectivity index (χ3n) is 13.6. The van der Waals surface area contributed by atoms with Gasteiger partial charge in [0.25, 0.3) is 0 Å². The number of ether oxygens (including phenoxy) is 6. The molecule has 2 aliphatic heterocycles. The number of carbonyl (C=O) groups is 2. The van der Waals surface area contributed by atoms with Crippen molar-refractivity contribution in [3.8, 4) is 0 Å². The average Bonchev–Trinajstić information content (AvgIpc) is 3.33. The van der Waals surface area contributed by atoms with Crippen molar-refractivity contribution < 1.29 is 73.8 Å². The number of hydrogen-bond donors (Lipinski definition) is 7. The number of rotatable bonds is 44. The molecule has 2 aliphatic rings. The lowest BCUT2D eigenvalue weighted by atomic mass is 9.98. The Morgan fingerprint density at radius 2 is 0.750 bits per heavy atom. The monoisotopic (exact) mass is 977 g/mol. The highest BCUT2D eigenvalue weighted by Crippen LogP contribution is 2.27.